The smallest absolute Gasteiger partial charge is 0.259 e. The summed E-state index contributed by atoms with van der Waals surface area (Å²) in [4.78, 5) is 34.5. The molecule has 1 aromatic heterocycles. The summed E-state index contributed by atoms with van der Waals surface area (Å²) in [5, 5.41) is 3.11. The van der Waals surface area contributed by atoms with Gasteiger partial charge < -0.3 is 24.6 Å². The quantitative estimate of drug-likeness (QED) is 0.771. The van der Waals surface area contributed by atoms with Crippen molar-refractivity contribution in [2.75, 3.05) is 39.8 Å². The fraction of sp³-hybridized carbons (Fsp3) is 0.480. The molecule has 8 heteroatoms. The third kappa shape index (κ3) is 6.22. The van der Waals surface area contributed by atoms with Gasteiger partial charge in [0.05, 0.1) is 13.2 Å². The molecule has 8 nitrogen and oxygen atoms in total. The van der Waals surface area contributed by atoms with Crippen molar-refractivity contribution in [3.63, 3.8) is 0 Å². The van der Waals surface area contributed by atoms with E-state index < -0.39 is 0 Å². The number of fused-ring (bicyclic) bond motifs is 2. The molecule has 0 radical (unpaired) electrons. The number of benzene rings is 1. The van der Waals surface area contributed by atoms with Crippen molar-refractivity contribution >= 4 is 11.8 Å². The summed E-state index contributed by atoms with van der Waals surface area (Å²) in [5.41, 5.74) is 0.332. The van der Waals surface area contributed by atoms with E-state index in [2.05, 4.69) is 22.2 Å². The van der Waals surface area contributed by atoms with Gasteiger partial charge in [-0.2, -0.15) is 0 Å². The lowest BCUT2D eigenvalue weighted by Crippen LogP contribution is -2.48. The molecule has 0 bridgehead atoms. The van der Waals surface area contributed by atoms with E-state index in [1.807, 2.05) is 18.2 Å². The first-order chi connectivity index (χ1) is 16.1. The van der Waals surface area contributed by atoms with Crippen LogP contribution in [-0.4, -0.2) is 72.5 Å². The van der Waals surface area contributed by atoms with Crippen LogP contribution in [0.1, 0.15) is 42.5 Å². The van der Waals surface area contributed by atoms with Gasteiger partial charge >= 0.3 is 0 Å². The van der Waals surface area contributed by atoms with Crippen LogP contribution >= 0.6 is 0 Å². The third-order valence-corrected chi connectivity index (χ3v) is 6.09. The summed E-state index contributed by atoms with van der Waals surface area (Å²) < 4.78 is 11.9. The molecule has 0 atom stereocenters. The normalized spacial score (nSPS) is 18.5. The van der Waals surface area contributed by atoms with Crippen molar-refractivity contribution in [1.29, 1.82) is 0 Å². The summed E-state index contributed by atoms with van der Waals surface area (Å²) in [7, 11) is 2.09. The van der Waals surface area contributed by atoms with Crippen LogP contribution in [-0.2, 0) is 4.79 Å². The van der Waals surface area contributed by atoms with E-state index >= 15 is 0 Å². The van der Waals surface area contributed by atoms with Gasteiger partial charge in [0.2, 0.25) is 11.8 Å². The number of piperidine rings is 1. The van der Waals surface area contributed by atoms with Crippen LogP contribution in [0.25, 0.3) is 0 Å². The minimum Gasteiger partial charge on any atom is -0.490 e. The molecule has 2 aliphatic rings. The van der Waals surface area contributed by atoms with Crippen molar-refractivity contribution in [2.24, 2.45) is 0 Å². The molecule has 3 heterocycles. The Kier molecular flexibility index (Phi) is 7.78. The lowest BCUT2D eigenvalue weighted by atomic mass is 10.1. The second kappa shape index (κ2) is 11.1. The molecule has 33 heavy (non-hydrogen) atoms. The SMILES string of the molecule is CN1CCC(NC(=O)CN2CCCCCOc3ccccc3Oc3ncccc3C2=O)CC1. The van der Waals surface area contributed by atoms with Crippen LogP contribution < -0.4 is 14.8 Å². The Morgan fingerprint density at radius 3 is 2.67 bits per heavy atom. The average molecular weight is 453 g/mol. The van der Waals surface area contributed by atoms with Gasteiger partial charge in [0.15, 0.2) is 11.5 Å². The van der Waals surface area contributed by atoms with Gasteiger partial charge in [0.1, 0.15) is 5.56 Å². The van der Waals surface area contributed by atoms with Crippen LogP contribution in [0.4, 0.5) is 0 Å². The van der Waals surface area contributed by atoms with Crippen LogP contribution in [0, 0.1) is 0 Å². The van der Waals surface area contributed by atoms with E-state index in [1.165, 1.54) is 0 Å². The molecule has 0 aliphatic carbocycles. The Morgan fingerprint density at radius 2 is 1.85 bits per heavy atom. The first kappa shape index (κ1) is 23.0. The maximum Gasteiger partial charge on any atom is 0.259 e. The maximum atomic E-state index is 13.5. The fourth-order valence-corrected chi connectivity index (χ4v) is 4.18. The summed E-state index contributed by atoms with van der Waals surface area (Å²) in [6.07, 6.45) is 5.97. The second-order valence-electron chi connectivity index (χ2n) is 8.69. The van der Waals surface area contributed by atoms with E-state index in [1.54, 1.807) is 29.3 Å². The number of ether oxygens (including phenoxy) is 2. The Balaban J connectivity index is 1.52. The summed E-state index contributed by atoms with van der Waals surface area (Å²) in [5.74, 6) is 0.960. The molecule has 1 fully saturated rings. The monoisotopic (exact) mass is 452 g/mol. The first-order valence-corrected chi connectivity index (χ1v) is 11.7. The number of likely N-dealkylation sites (tertiary alicyclic amines) is 1. The lowest BCUT2D eigenvalue weighted by Gasteiger charge is -2.30. The number of carbonyl (C=O) groups is 2. The zero-order valence-electron chi connectivity index (χ0n) is 19.2. The lowest BCUT2D eigenvalue weighted by molar-refractivity contribution is -0.122. The van der Waals surface area contributed by atoms with Gasteiger partial charge in [-0.1, -0.05) is 12.1 Å². The van der Waals surface area contributed by atoms with E-state index in [9.17, 15) is 9.59 Å². The molecule has 1 saturated heterocycles. The van der Waals surface area contributed by atoms with E-state index in [0.29, 0.717) is 30.2 Å². The molecule has 0 unspecified atom stereocenters. The summed E-state index contributed by atoms with van der Waals surface area (Å²) in [6.45, 7) is 2.99. The minimum atomic E-state index is -0.255. The predicted molar refractivity (Wildman–Crippen MR) is 125 cm³/mol. The third-order valence-electron chi connectivity index (χ3n) is 6.09. The number of pyridine rings is 1. The number of amides is 2. The van der Waals surface area contributed by atoms with Gasteiger partial charge in [-0.05, 0) is 76.5 Å². The number of hydrogen-bond donors (Lipinski definition) is 1. The second-order valence-corrected chi connectivity index (χ2v) is 8.69. The van der Waals surface area contributed by atoms with Gasteiger partial charge in [-0.25, -0.2) is 4.98 Å². The number of nitrogens with zero attached hydrogens (tertiary/aromatic N) is 3. The summed E-state index contributed by atoms with van der Waals surface area (Å²) in [6, 6.07) is 10.9. The molecular formula is C25H32N4O4. The molecule has 4 rings (SSSR count). The Morgan fingerprint density at radius 1 is 1.06 bits per heavy atom. The molecule has 1 aromatic carbocycles. The fourth-order valence-electron chi connectivity index (χ4n) is 4.18. The number of para-hydroxylation sites is 2. The maximum absolute atomic E-state index is 13.5. The van der Waals surface area contributed by atoms with Crippen molar-refractivity contribution in [1.82, 2.24) is 20.1 Å². The molecule has 0 spiro atoms. The Labute approximate surface area is 194 Å². The molecule has 1 N–H and O–H groups in total. The number of hydrogen-bond acceptors (Lipinski definition) is 6. The molecule has 0 saturated carbocycles. The number of carbonyl (C=O) groups excluding carboxylic acids is 2. The van der Waals surface area contributed by atoms with Crippen LogP contribution in [0.5, 0.6) is 17.4 Å². The van der Waals surface area contributed by atoms with Gasteiger partial charge in [0.25, 0.3) is 5.91 Å². The van der Waals surface area contributed by atoms with Crippen LogP contribution in [0.3, 0.4) is 0 Å². The van der Waals surface area contributed by atoms with Crippen molar-refractivity contribution in [3.8, 4) is 17.4 Å². The average Bonchev–Trinajstić information content (AvgIpc) is 2.83. The largest absolute Gasteiger partial charge is 0.490 e. The van der Waals surface area contributed by atoms with Gasteiger partial charge in [-0.3, -0.25) is 9.59 Å². The predicted octanol–water partition coefficient (Wildman–Crippen LogP) is 3.09. The highest BCUT2D eigenvalue weighted by Crippen LogP contribution is 2.32. The highest BCUT2D eigenvalue weighted by molar-refractivity contribution is 5.98. The minimum absolute atomic E-state index is 0.0204. The standard InChI is InChI=1S/C25H32N4O4/c1-28-15-11-19(12-16-28)27-23(30)18-29-14-5-2-6-17-32-21-9-3-4-10-22(21)33-24-20(25(29)31)8-7-13-26-24/h3-4,7-10,13,19H,2,5-6,11-12,14-18H2,1H3,(H,27,30). The molecule has 176 valence electrons. The number of rotatable bonds is 3. The zero-order chi connectivity index (χ0) is 23.0. The highest BCUT2D eigenvalue weighted by Gasteiger charge is 2.25. The van der Waals surface area contributed by atoms with Gasteiger partial charge in [0, 0.05) is 18.8 Å². The van der Waals surface area contributed by atoms with Crippen LogP contribution in [0.15, 0.2) is 42.6 Å². The number of aromatic nitrogens is 1. The van der Waals surface area contributed by atoms with E-state index in [4.69, 9.17) is 9.47 Å². The molecule has 2 aromatic rings. The Bertz CT molecular complexity index is 959. The molecule has 2 aliphatic heterocycles. The molecular weight excluding hydrogens is 420 g/mol. The van der Waals surface area contributed by atoms with Crippen molar-refractivity contribution in [3.05, 3.63) is 48.2 Å². The van der Waals surface area contributed by atoms with Crippen molar-refractivity contribution in [2.45, 2.75) is 38.1 Å². The first-order valence-electron chi connectivity index (χ1n) is 11.7. The summed E-state index contributed by atoms with van der Waals surface area (Å²) >= 11 is 0. The number of nitrogens with one attached hydrogen (secondary N) is 1. The van der Waals surface area contributed by atoms with E-state index in [0.717, 1.165) is 45.2 Å². The van der Waals surface area contributed by atoms with Gasteiger partial charge in [-0.15, -0.1) is 0 Å². The zero-order valence-corrected chi connectivity index (χ0v) is 19.2. The van der Waals surface area contributed by atoms with E-state index in [-0.39, 0.29) is 30.3 Å². The van der Waals surface area contributed by atoms with Crippen LogP contribution in [0.2, 0.25) is 0 Å². The van der Waals surface area contributed by atoms with Crippen molar-refractivity contribution < 1.29 is 19.1 Å². The Hall–Kier alpha value is -3.13. The topological polar surface area (TPSA) is 84.0 Å². The highest BCUT2D eigenvalue weighted by atomic mass is 16.5. The molecule has 2 amide bonds.